The number of benzene rings is 2. The molecule has 2 heterocycles. The molecule has 15 heteroatoms. The lowest BCUT2D eigenvalue weighted by Crippen LogP contribution is -2.60. The van der Waals surface area contributed by atoms with Crippen molar-refractivity contribution in [3.05, 3.63) is 54.1 Å². The van der Waals surface area contributed by atoms with Gasteiger partial charge in [0.15, 0.2) is 0 Å². The highest BCUT2D eigenvalue weighted by Gasteiger charge is 2.46. The molecule has 0 saturated carbocycles. The van der Waals surface area contributed by atoms with Crippen LogP contribution in [0.4, 0.5) is 0 Å². The van der Waals surface area contributed by atoms with Gasteiger partial charge in [0.2, 0.25) is 12.6 Å². The molecule has 230 valence electrons. The Morgan fingerprint density at radius 3 is 1.95 bits per heavy atom. The summed E-state index contributed by atoms with van der Waals surface area (Å²) in [6.07, 6.45) is -13.3. The highest BCUT2D eigenvalue weighted by molar-refractivity contribution is 5.87. The van der Waals surface area contributed by atoms with Crippen LogP contribution in [0.3, 0.4) is 0 Å². The molecule has 4 rings (SSSR count). The van der Waals surface area contributed by atoms with Gasteiger partial charge in [-0.1, -0.05) is 0 Å². The summed E-state index contributed by atoms with van der Waals surface area (Å²) in [5.74, 6) is -1.01. The number of phenols is 2. The maximum Gasteiger partial charge on any atom is 0.330 e. The Hall–Kier alpha value is -3.51. The van der Waals surface area contributed by atoms with Crippen LogP contribution >= 0.6 is 0 Å². The topological polar surface area (TPSA) is 245 Å². The molecule has 9 N–H and O–H groups in total. The smallest absolute Gasteiger partial charge is 0.330 e. The summed E-state index contributed by atoms with van der Waals surface area (Å²) in [7, 11) is 0. The van der Waals surface area contributed by atoms with Crippen molar-refractivity contribution in [3.8, 4) is 23.0 Å². The number of carbonyl (C=O) groups excluding carboxylic acids is 1. The third-order valence-electron chi connectivity index (χ3n) is 6.63. The van der Waals surface area contributed by atoms with E-state index in [9.17, 15) is 50.8 Å². The van der Waals surface area contributed by atoms with Crippen LogP contribution in [0.5, 0.6) is 23.0 Å². The second-order valence-electron chi connectivity index (χ2n) is 9.63. The summed E-state index contributed by atoms with van der Waals surface area (Å²) in [5.41, 5.74) is 0.110. The van der Waals surface area contributed by atoms with Gasteiger partial charge in [0, 0.05) is 11.6 Å². The van der Waals surface area contributed by atoms with Crippen LogP contribution in [0.25, 0.3) is 6.08 Å². The summed E-state index contributed by atoms with van der Waals surface area (Å²) < 4.78 is 27.0. The fraction of sp³-hybridized carbons (Fsp3) is 0.444. The van der Waals surface area contributed by atoms with Gasteiger partial charge in [-0.2, -0.15) is 0 Å². The van der Waals surface area contributed by atoms with Crippen molar-refractivity contribution >= 4 is 12.0 Å². The molecule has 0 spiro atoms. The van der Waals surface area contributed by atoms with E-state index in [0.29, 0.717) is 0 Å². The minimum atomic E-state index is -1.70. The minimum absolute atomic E-state index is 0.0152. The van der Waals surface area contributed by atoms with E-state index in [1.165, 1.54) is 48.5 Å². The minimum Gasteiger partial charge on any atom is -0.508 e. The summed E-state index contributed by atoms with van der Waals surface area (Å²) in [6.45, 7) is -1.23. The van der Waals surface area contributed by atoms with E-state index in [4.69, 9.17) is 23.7 Å². The Labute approximate surface area is 238 Å². The Bertz CT molecular complexity index is 1220. The van der Waals surface area contributed by atoms with Crippen LogP contribution < -0.4 is 9.47 Å². The number of ether oxygens (including phenoxy) is 5. The van der Waals surface area contributed by atoms with Gasteiger partial charge in [-0.3, -0.25) is 0 Å². The molecule has 0 aromatic heterocycles. The van der Waals surface area contributed by atoms with Gasteiger partial charge in [0.1, 0.15) is 78.4 Å². The molecule has 0 amide bonds. The number of hydrogen-bond donors (Lipinski definition) is 9. The average molecular weight is 597 g/mol. The van der Waals surface area contributed by atoms with Crippen molar-refractivity contribution in [3.63, 3.8) is 0 Å². The zero-order chi connectivity index (χ0) is 30.6. The third-order valence-corrected chi connectivity index (χ3v) is 6.63. The van der Waals surface area contributed by atoms with E-state index < -0.39 is 80.6 Å². The largest absolute Gasteiger partial charge is 0.508 e. The number of rotatable bonds is 9. The predicted octanol–water partition coefficient (Wildman–Crippen LogP) is -2.28. The van der Waals surface area contributed by atoms with Crippen molar-refractivity contribution in [2.24, 2.45) is 0 Å². The standard InChI is InChI=1S/C27H32O15/c28-10-17-20(32)22(34)25(37)27(41-17)40-16-7-4-14(30)9-12(16)1-8-19(31)38-11-18-21(33)23(35)24(36)26(42-18)39-15-5-2-13(29)3-6-15/h1-9,17-18,20-30,32-37H,10-11H2/b8-1+/t17-,18-,20-,21-,22+,23+,24-,25-,26-,27-/m1/s1. The quantitative estimate of drug-likeness (QED) is 0.109. The number of aromatic hydroxyl groups is 2. The van der Waals surface area contributed by atoms with Crippen molar-refractivity contribution < 1.29 is 74.4 Å². The summed E-state index contributed by atoms with van der Waals surface area (Å²) in [6, 6.07) is 9.17. The lowest BCUT2D eigenvalue weighted by atomic mass is 9.99. The molecule has 42 heavy (non-hydrogen) atoms. The molecule has 2 saturated heterocycles. The maximum absolute atomic E-state index is 12.4. The second-order valence-corrected chi connectivity index (χ2v) is 9.63. The van der Waals surface area contributed by atoms with E-state index >= 15 is 0 Å². The third kappa shape index (κ3) is 7.27. The monoisotopic (exact) mass is 596 g/mol. The van der Waals surface area contributed by atoms with Crippen molar-refractivity contribution in [2.75, 3.05) is 13.2 Å². The molecular weight excluding hydrogens is 564 g/mol. The summed E-state index contributed by atoms with van der Waals surface area (Å²) in [5, 5.41) is 89.6. The van der Waals surface area contributed by atoms with Crippen LogP contribution in [-0.2, 0) is 19.0 Å². The van der Waals surface area contributed by atoms with Crippen molar-refractivity contribution in [1.29, 1.82) is 0 Å². The number of hydrogen-bond acceptors (Lipinski definition) is 15. The number of esters is 1. The molecule has 2 aliphatic heterocycles. The van der Waals surface area contributed by atoms with Crippen molar-refractivity contribution in [2.45, 2.75) is 61.4 Å². The molecule has 0 aliphatic carbocycles. The van der Waals surface area contributed by atoms with Crippen molar-refractivity contribution in [1.82, 2.24) is 0 Å². The number of carbonyl (C=O) groups is 1. The average Bonchev–Trinajstić information content (AvgIpc) is 2.98. The lowest BCUT2D eigenvalue weighted by Gasteiger charge is -2.39. The van der Waals surface area contributed by atoms with Gasteiger partial charge in [-0.25, -0.2) is 4.79 Å². The first-order valence-electron chi connectivity index (χ1n) is 12.8. The van der Waals surface area contributed by atoms with Crippen LogP contribution in [0, 0.1) is 0 Å². The molecular formula is C27H32O15. The highest BCUT2D eigenvalue weighted by atomic mass is 16.7. The molecule has 0 bridgehead atoms. The van der Waals surface area contributed by atoms with E-state index in [-0.39, 0.29) is 28.6 Å². The molecule has 0 unspecified atom stereocenters. The Morgan fingerprint density at radius 2 is 1.31 bits per heavy atom. The molecule has 0 radical (unpaired) electrons. The fourth-order valence-electron chi connectivity index (χ4n) is 4.24. The SMILES string of the molecule is O=C(/C=C/c1cc(O)ccc1O[C@@H]1O[C@H](CO)[C@@H](O)[C@H](O)[C@H]1O)OC[C@H]1O[C@@H](Oc2ccc(O)cc2)[C@H](O)[C@@H](O)[C@@H]1O. The van der Waals surface area contributed by atoms with Gasteiger partial charge in [-0.05, 0) is 48.5 Å². The molecule has 2 aromatic rings. The number of phenolic OH excluding ortho intramolecular Hbond substituents is 2. The van der Waals surface area contributed by atoms with Crippen LogP contribution in [0.1, 0.15) is 5.56 Å². The summed E-state index contributed by atoms with van der Waals surface area (Å²) >= 11 is 0. The van der Waals surface area contributed by atoms with Crippen LogP contribution in [0.2, 0.25) is 0 Å². The summed E-state index contributed by atoms with van der Waals surface area (Å²) in [4.78, 5) is 12.4. The van der Waals surface area contributed by atoms with Gasteiger partial charge in [0.05, 0.1) is 6.61 Å². The predicted molar refractivity (Wildman–Crippen MR) is 138 cm³/mol. The molecule has 2 fully saturated rings. The fourth-order valence-corrected chi connectivity index (χ4v) is 4.24. The van der Waals surface area contributed by atoms with Crippen LogP contribution in [0.15, 0.2) is 48.5 Å². The Balaban J connectivity index is 1.39. The van der Waals surface area contributed by atoms with E-state index in [1.807, 2.05) is 0 Å². The lowest BCUT2D eigenvalue weighted by molar-refractivity contribution is -0.278. The van der Waals surface area contributed by atoms with E-state index in [1.54, 1.807) is 0 Å². The first kappa shape index (κ1) is 31.4. The van der Waals surface area contributed by atoms with E-state index in [0.717, 1.165) is 6.08 Å². The molecule has 2 aromatic carbocycles. The van der Waals surface area contributed by atoms with Gasteiger partial charge in [0.25, 0.3) is 0 Å². The Morgan fingerprint density at radius 1 is 0.738 bits per heavy atom. The maximum atomic E-state index is 12.4. The first-order chi connectivity index (χ1) is 20.0. The number of aliphatic hydroxyl groups excluding tert-OH is 7. The molecule has 2 aliphatic rings. The van der Waals surface area contributed by atoms with Crippen LogP contribution in [-0.4, -0.2) is 127 Å². The highest BCUT2D eigenvalue weighted by Crippen LogP contribution is 2.30. The zero-order valence-electron chi connectivity index (χ0n) is 21.9. The Kier molecular flexibility index (Phi) is 10.2. The molecule has 10 atom stereocenters. The van der Waals surface area contributed by atoms with Gasteiger partial charge in [-0.15, -0.1) is 0 Å². The zero-order valence-corrected chi connectivity index (χ0v) is 21.9. The number of aliphatic hydroxyl groups is 7. The normalized spacial score (nSPS) is 33.3. The van der Waals surface area contributed by atoms with E-state index in [2.05, 4.69) is 0 Å². The second kappa shape index (κ2) is 13.6. The van der Waals surface area contributed by atoms with Gasteiger partial charge >= 0.3 is 5.97 Å². The van der Waals surface area contributed by atoms with Gasteiger partial charge < -0.3 is 69.6 Å². The first-order valence-corrected chi connectivity index (χ1v) is 12.8. The molecule has 15 nitrogen and oxygen atoms in total.